The Morgan fingerprint density at radius 1 is 1.26 bits per heavy atom. The molecule has 1 aliphatic rings. The van der Waals surface area contributed by atoms with Crippen molar-refractivity contribution >= 4 is 40.2 Å². The quantitative estimate of drug-likeness (QED) is 0.595. The number of hydrogen-bond donors (Lipinski definition) is 0. The highest BCUT2D eigenvalue weighted by atomic mass is 32.1. The Hall–Kier alpha value is -3.19. The molecule has 0 bridgehead atoms. The van der Waals surface area contributed by atoms with Crippen molar-refractivity contribution in [3.8, 4) is 17.5 Å². The smallest absolute Gasteiger partial charge is 0.273 e. The molecule has 0 spiro atoms. The van der Waals surface area contributed by atoms with Crippen molar-refractivity contribution in [1.82, 2.24) is 9.47 Å². The lowest BCUT2D eigenvalue weighted by atomic mass is 10.2. The monoisotopic (exact) mass is 453 g/mol. The summed E-state index contributed by atoms with van der Waals surface area (Å²) >= 11 is 2.66. The van der Waals surface area contributed by atoms with E-state index in [0.717, 1.165) is 16.9 Å². The molecule has 7 nitrogen and oxygen atoms in total. The Balaban J connectivity index is 2.02. The molecule has 2 aromatic heterocycles. The molecule has 9 heteroatoms. The van der Waals surface area contributed by atoms with E-state index in [1.807, 2.05) is 22.9 Å². The van der Waals surface area contributed by atoms with Crippen LogP contribution in [0.15, 0.2) is 45.9 Å². The summed E-state index contributed by atoms with van der Waals surface area (Å²) in [6.45, 7) is 1.65. The van der Waals surface area contributed by atoms with Gasteiger partial charge < -0.3 is 14.4 Å². The Morgan fingerprint density at radius 3 is 2.71 bits per heavy atom. The second-order valence-electron chi connectivity index (χ2n) is 6.68. The predicted molar refractivity (Wildman–Crippen MR) is 120 cm³/mol. The lowest BCUT2D eigenvalue weighted by Gasteiger charge is -2.26. The second-order valence-corrected chi connectivity index (χ2v) is 8.49. The summed E-state index contributed by atoms with van der Waals surface area (Å²) in [4.78, 5) is 28.2. The number of para-hydroxylation sites is 2. The van der Waals surface area contributed by atoms with E-state index in [0.29, 0.717) is 42.3 Å². The summed E-state index contributed by atoms with van der Waals surface area (Å²) in [5, 5.41) is 13.8. The average Bonchev–Trinajstić information content (AvgIpc) is 3.43. The maximum absolute atomic E-state index is 13.4. The van der Waals surface area contributed by atoms with Gasteiger partial charge in [-0.15, -0.1) is 11.3 Å². The van der Waals surface area contributed by atoms with Gasteiger partial charge in [-0.1, -0.05) is 12.1 Å². The summed E-state index contributed by atoms with van der Waals surface area (Å²) in [7, 11) is 1.52. The number of amides is 1. The molecular formula is C22H19N3O4S2. The molecule has 1 aromatic carbocycles. The lowest BCUT2D eigenvalue weighted by molar-refractivity contribution is -0.128. The molecule has 3 heterocycles. The maximum Gasteiger partial charge on any atom is 0.273 e. The second kappa shape index (κ2) is 9.31. The Bertz CT molecular complexity index is 1310. The van der Waals surface area contributed by atoms with E-state index >= 15 is 0 Å². The molecule has 158 valence electrons. The van der Waals surface area contributed by atoms with E-state index in [9.17, 15) is 14.9 Å². The van der Waals surface area contributed by atoms with E-state index in [1.54, 1.807) is 35.2 Å². The zero-order chi connectivity index (χ0) is 21.8. The SMILES string of the molecule is COc1ccccc1-n1c(=O)/c(=C\c2ccsc2)s/c1=C(\C#N)C(=O)N1CCOCC1. The molecule has 1 amide bonds. The molecule has 0 atom stereocenters. The molecule has 1 saturated heterocycles. The van der Waals surface area contributed by atoms with Gasteiger partial charge in [0.2, 0.25) is 0 Å². The third kappa shape index (κ3) is 4.18. The van der Waals surface area contributed by atoms with Crippen LogP contribution in [-0.2, 0) is 9.53 Å². The highest BCUT2D eigenvalue weighted by molar-refractivity contribution is 7.08. The third-order valence-electron chi connectivity index (χ3n) is 4.83. The van der Waals surface area contributed by atoms with Gasteiger partial charge in [-0.25, -0.2) is 0 Å². The number of thiophene rings is 1. The van der Waals surface area contributed by atoms with Gasteiger partial charge in [0.05, 0.1) is 30.5 Å². The summed E-state index contributed by atoms with van der Waals surface area (Å²) in [5.41, 5.74) is 0.993. The minimum atomic E-state index is -0.405. The van der Waals surface area contributed by atoms with Crippen molar-refractivity contribution in [2.24, 2.45) is 0 Å². The largest absolute Gasteiger partial charge is 0.495 e. The summed E-state index contributed by atoms with van der Waals surface area (Å²) in [6.07, 6.45) is 1.77. The molecule has 0 saturated carbocycles. The van der Waals surface area contributed by atoms with Gasteiger partial charge in [0, 0.05) is 13.1 Å². The van der Waals surface area contributed by atoms with Crippen LogP contribution in [0.2, 0.25) is 0 Å². The van der Waals surface area contributed by atoms with Crippen molar-refractivity contribution in [3.63, 3.8) is 0 Å². The molecule has 1 aliphatic heterocycles. The topological polar surface area (TPSA) is 84.6 Å². The number of methoxy groups -OCH3 is 1. The Kier molecular flexibility index (Phi) is 6.32. The summed E-state index contributed by atoms with van der Waals surface area (Å²) in [6, 6.07) is 11.0. The van der Waals surface area contributed by atoms with Crippen LogP contribution in [0.5, 0.6) is 5.75 Å². The van der Waals surface area contributed by atoms with E-state index in [1.165, 1.54) is 23.0 Å². The van der Waals surface area contributed by atoms with Crippen LogP contribution >= 0.6 is 22.7 Å². The van der Waals surface area contributed by atoms with Crippen molar-refractivity contribution in [3.05, 3.63) is 66.2 Å². The van der Waals surface area contributed by atoms with Gasteiger partial charge in [0.25, 0.3) is 11.5 Å². The molecule has 0 aliphatic carbocycles. The number of hydrogen-bond acceptors (Lipinski definition) is 7. The van der Waals surface area contributed by atoms with Gasteiger partial charge in [-0.3, -0.25) is 14.2 Å². The summed E-state index contributed by atoms with van der Waals surface area (Å²) < 4.78 is 12.9. The van der Waals surface area contributed by atoms with Crippen LogP contribution < -0.4 is 19.5 Å². The first kappa shape index (κ1) is 21.1. The normalized spacial score (nSPS) is 15.5. The Labute approximate surface area is 186 Å². The van der Waals surface area contributed by atoms with Crippen LogP contribution in [0.4, 0.5) is 0 Å². The first-order chi connectivity index (χ1) is 15.1. The van der Waals surface area contributed by atoms with E-state index in [2.05, 4.69) is 0 Å². The molecule has 0 unspecified atom stereocenters. The van der Waals surface area contributed by atoms with Gasteiger partial charge in [-0.2, -0.15) is 16.6 Å². The van der Waals surface area contributed by atoms with Crippen molar-refractivity contribution in [2.75, 3.05) is 33.4 Å². The van der Waals surface area contributed by atoms with Gasteiger partial charge in [0.1, 0.15) is 16.5 Å². The first-order valence-corrected chi connectivity index (χ1v) is 11.3. The average molecular weight is 454 g/mol. The zero-order valence-corrected chi connectivity index (χ0v) is 18.4. The summed E-state index contributed by atoms with van der Waals surface area (Å²) in [5.74, 6) is 0.0691. The maximum atomic E-state index is 13.4. The number of thiazole rings is 1. The number of benzene rings is 1. The minimum Gasteiger partial charge on any atom is -0.495 e. The highest BCUT2D eigenvalue weighted by Crippen LogP contribution is 2.20. The number of ether oxygens (including phenoxy) is 2. The molecule has 0 radical (unpaired) electrons. The fourth-order valence-electron chi connectivity index (χ4n) is 3.30. The van der Waals surface area contributed by atoms with E-state index < -0.39 is 5.91 Å². The zero-order valence-electron chi connectivity index (χ0n) is 16.7. The molecule has 3 aromatic rings. The Morgan fingerprint density at radius 2 is 2.03 bits per heavy atom. The number of carbonyl (C=O) groups is 1. The fourth-order valence-corrected chi connectivity index (χ4v) is 5.01. The minimum absolute atomic E-state index is 0.0696. The van der Waals surface area contributed by atoms with Gasteiger partial charge in [0.15, 0.2) is 5.57 Å². The first-order valence-electron chi connectivity index (χ1n) is 9.54. The van der Waals surface area contributed by atoms with Gasteiger partial charge >= 0.3 is 0 Å². The fraction of sp³-hybridized carbons (Fsp3) is 0.227. The van der Waals surface area contributed by atoms with Crippen molar-refractivity contribution in [2.45, 2.75) is 0 Å². The number of carbonyl (C=O) groups excluding carboxylic acids is 1. The highest BCUT2D eigenvalue weighted by Gasteiger charge is 2.24. The van der Waals surface area contributed by atoms with Crippen molar-refractivity contribution < 1.29 is 14.3 Å². The number of nitriles is 1. The molecule has 1 fully saturated rings. The van der Waals surface area contributed by atoms with E-state index in [-0.39, 0.29) is 15.8 Å². The number of morpholine rings is 1. The third-order valence-corrected chi connectivity index (χ3v) is 6.62. The lowest BCUT2D eigenvalue weighted by Crippen LogP contribution is -2.42. The number of rotatable bonds is 4. The van der Waals surface area contributed by atoms with E-state index in [4.69, 9.17) is 9.47 Å². The van der Waals surface area contributed by atoms with Crippen LogP contribution in [0.3, 0.4) is 0 Å². The van der Waals surface area contributed by atoms with Crippen LogP contribution in [0.25, 0.3) is 17.3 Å². The number of aromatic nitrogens is 1. The van der Waals surface area contributed by atoms with Crippen molar-refractivity contribution in [1.29, 1.82) is 5.26 Å². The predicted octanol–water partition coefficient (Wildman–Crippen LogP) is 1.33. The number of nitrogens with zero attached hydrogens (tertiary/aromatic N) is 3. The molecule has 31 heavy (non-hydrogen) atoms. The van der Waals surface area contributed by atoms with Crippen LogP contribution in [0, 0.1) is 11.3 Å². The molecule has 0 N–H and O–H groups in total. The van der Waals surface area contributed by atoms with Gasteiger partial charge in [-0.05, 0) is 40.6 Å². The standard InChI is InChI=1S/C22H19N3O4S2/c1-28-18-5-3-2-4-17(18)25-21(27)19(12-15-6-11-30-14-15)31-22(25)16(13-23)20(26)24-7-9-29-10-8-24/h2-6,11-12,14H,7-10H2,1H3/b19-12+,22-16+. The van der Waals surface area contributed by atoms with Crippen LogP contribution in [0.1, 0.15) is 5.56 Å². The molecular weight excluding hydrogens is 434 g/mol. The van der Waals surface area contributed by atoms with Crippen LogP contribution in [-0.4, -0.2) is 48.8 Å². The molecule has 4 rings (SSSR count).